The number of hydrogen-bond donors (Lipinski definition) is 0. The van der Waals surface area contributed by atoms with Gasteiger partial charge in [-0.05, 0) is 44.5 Å². The van der Waals surface area contributed by atoms with Crippen LogP contribution < -0.4 is 0 Å². The summed E-state index contributed by atoms with van der Waals surface area (Å²) < 4.78 is 27.7. The highest BCUT2D eigenvalue weighted by Crippen LogP contribution is 2.23. The zero-order valence-electron chi connectivity index (χ0n) is 15.8. The maximum atomic E-state index is 13.0. The summed E-state index contributed by atoms with van der Waals surface area (Å²) in [5.41, 5.74) is 1.33. The Bertz CT molecular complexity index is 747. The lowest BCUT2D eigenvalue weighted by molar-refractivity contribution is 0.0663. The number of nitrogens with zero attached hydrogens (tertiary/aromatic N) is 3. The van der Waals surface area contributed by atoms with Gasteiger partial charge in [-0.25, -0.2) is 8.42 Å². The first kappa shape index (κ1) is 19.3. The second-order valence-electron chi connectivity index (χ2n) is 7.39. The van der Waals surface area contributed by atoms with Crippen LogP contribution in [0.1, 0.15) is 41.6 Å². The Kier molecular flexibility index (Phi) is 5.99. The fourth-order valence-corrected chi connectivity index (χ4v) is 5.15. The lowest BCUT2D eigenvalue weighted by Gasteiger charge is -2.32. The first-order chi connectivity index (χ1) is 12.4. The standard InChI is InChI=1S/C19H29N3O3S/c1-16-7-8-17(26(24,25)22-9-5-3-4-6-10-22)15-18(16)19(23)21-13-11-20(2)12-14-21/h7-8,15H,3-6,9-14H2,1-2H3. The van der Waals surface area contributed by atoms with E-state index in [4.69, 9.17) is 0 Å². The van der Waals surface area contributed by atoms with E-state index in [1.54, 1.807) is 22.5 Å². The fraction of sp³-hybridized carbons (Fsp3) is 0.632. The van der Waals surface area contributed by atoms with E-state index in [0.717, 1.165) is 44.3 Å². The highest BCUT2D eigenvalue weighted by molar-refractivity contribution is 7.89. The summed E-state index contributed by atoms with van der Waals surface area (Å²) >= 11 is 0. The molecule has 0 saturated carbocycles. The number of benzene rings is 1. The summed E-state index contributed by atoms with van der Waals surface area (Å²) in [7, 11) is -1.50. The largest absolute Gasteiger partial charge is 0.336 e. The van der Waals surface area contributed by atoms with E-state index < -0.39 is 10.0 Å². The van der Waals surface area contributed by atoms with Gasteiger partial charge in [0, 0.05) is 44.8 Å². The lowest BCUT2D eigenvalue weighted by Crippen LogP contribution is -2.47. The van der Waals surface area contributed by atoms with Crippen molar-refractivity contribution < 1.29 is 13.2 Å². The third-order valence-corrected chi connectivity index (χ3v) is 7.33. The minimum Gasteiger partial charge on any atom is -0.336 e. The van der Waals surface area contributed by atoms with Gasteiger partial charge in [-0.3, -0.25) is 4.79 Å². The third kappa shape index (κ3) is 4.10. The van der Waals surface area contributed by atoms with Gasteiger partial charge >= 0.3 is 0 Å². The van der Waals surface area contributed by atoms with Crippen LogP contribution >= 0.6 is 0 Å². The van der Waals surface area contributed by atoms with Crippen molar-refractivity contribution in [3.63, 3.8) is 0 Å². The van der Waals surface area contributed by atoms with Crippen molar-refractivity contribution in [3.8, 4) is 0 Å². The molecule has 0 bridgehead atoms. The Hall–Kier alpha value is -1.44. The fourth-order valence-electron chi connectivity index (χ4n) is 3.60. The van der Waals surface area contributed by atoms with Crippen LogP contribution in [0, 0.1) is 6.92 Å². The molecule has 0 atom stereocenters. The van der Waals surface area contributed by atoms with E-state index in [9.17, 15) is 13.2 Å². The topological polar surface area (TPSA) is 60.9 Å². The summed E-state index contributed by atoms with van der Waals surface area (Å²) in [4.78, 5) is 17.2. The number of carbonyl (C=O) groups is 1. The van der Waals surface area contributed by atoms with E-state index in [1.165, 1.54) is 0 Å². The van der Waals surface area contributed by atoms with Gasteiger partial charge < -0.3 is 9.80 Å². The number of hydrogen-bond acceptors (Lipinski definition) is 4. The molecule has 2 heterocycles. The van der Waals surface area contributed by atoms with Gasteiger partial charge in [0.1, 0.15) is 0 Å². The van der Waals surface area contributed by atoms with Gasteiger partial charge in [0.05, 0.1) is 4.90 Å². The molecule has 0 aromatic heterocycles. The van der Waals surface area contributed by atoms with Crippen LogP contribution in [0.5, 0.6) is 0 Å². The molecule has 1 amide bonds. The monoisotopic (exact) mass is 379 g/mol. The molecule has 1 aromatic rings. The summed E-state index contributed by atoms with van der Waals surface area (Å²) in [6.45, 7) is 6.05. The van der Waals surface area contributed by atoms with Gasteiger partial charge in [0.15, 0.2) is 0 Å². The molecule has 3 rings (SSSR count). The highest BCUT2D eigenvalue weighted by atomic mass is 32.2. The van der Waals surface area contributed by atoms with Crippen molar-refractivity contribution in [1.29, 1.82) is 0 Å². The van der Waals surface area contributed by atoms with Crippen molar-refractivity contribution in [3.05, 3.63) is 29.3 Å². The molecule has 144 valence electrons. The smallest absolute Gasteiger partial charge is 0.254 e. The number of piperazine rings is 1. The Labute approximate surface area is 156 Å². The first-order valence-electron chi connectivity index (χ1n) is 9.48. The summed E-state index contributed by atoms with van der Waals surface area (Å²) in [5.74, 6) is -0.0662. The summed E-state index contributed by atoms with van der Waals surface area (Å²) in [5, 5.41) is 0. The Morgan fingerprint density at radius 2 is 1.54 bits per heavy atom. The van der Waals surface area contributed by atoms with Crippen molar-refractivity contribution in [2.45, 2.75) is 37.5 Å². The van der Waals surface area contributed by atoms with Crippen LogP contribution in [0.4, 0.5) is 0 Å². The van der Waals surface area contributed by atoms with Gasteiger partial charge in [0.2, 0.25) is 10.0 Å². The average molecular weight is 380 g/mol. The molecular formula is C19H29N3O3S. The van der Waals surface area contributed by atoms with E-state index in [2.05, 4.69) is 4.90 Å². The number of carbonyl (C=O) groups excluding carboxylic acids is 1. The van der Waals surface area contributed by atoms with Crippen LogP contribution in [0.2, 0.25) is 0 Å². The molecule has 1 aromatic carbocycles. The van der Waals surface area contributed by atoms with Gasteiger partial charge in [-0.15, -0.1) is 0 Å². The molecule has 2 aliphatic rings. The number of rotatable bonds is 3. The molecule has 7 heteroatoms. The number of likely N-dealkylation sites (N-methyl/N-ethyl adjacent to an activating group) is 1. The van der Waals surface area contributed by atoms with E-state index >= 15 is 0 Å². The van der Waals surface area contributed by atoms with Gasteiger partial charge in [0.25, 0.3) is 5.91 Å². The van der Waals surface area contributed by atoms with E-state index in [1.807, 2.05) is 18.9 Å². The maximum absolute atomic E-state index is 13.0. The SMILES string of the molecule is Cc1ccc(S(=O)(=O)N2CCCCCC2)cc1C(=O)N1CCN(C)CC1. The average Bonchev–Trinajstić information content (AvgIpc) is 2.92. The zero-order chi connectivity index (χ0) is 18.7. The molecule has 0 aliphatic carbocycles. The van der Waals surface area contributed by atoms with Crippen molar-refractivity contribution in [1.82, 2.24) is 14.1 Å². The third-order valence-electron chi connectivity index (χ3n) is 5.43. The molecule has 0 spiro atoms. The molecule has 26 heavy (non-hydrogen) atoms. The number of amides is 1. The van der Waals surface area contributed by atoms with Crippen LogP contribution in [0.3, 0.4) is 0 Å². The second-order valence-corrected chi connectivity index (χ2v) is 9.33. The van der Waals surface area contributed by atoms with E-state index in [0.29, 0.717) is 31.7 Å². The van der Waals surface area contributed by atoms with Gasteiger partial charge in [-0.1, -0.05) is 18.9 Å². The highest BCUT2D eigenvalue weighted by Gasteiger charge is 2.28. The van der Waals surface area contributed by atoms with Crippen LogP contribution in [-0.2, 0) is 10.0 Å². The minimum absolute atomic E-state index is 0.0662. The molecule has 0 N–H and O–H groups in total. The number of sulfonamides is 1. The Morgan fingerprint density at radius 1 is 0.923 bits per heavy atom. The molecule has 6 nitrogen and oxygen atoms in total. The van der Waals surface area contributed by atoms with Crippen LogP contribution in [0.15, 0.2) is 23.1 Å². The van der Waals surface area contributed by atoms with Crippen molar-refractivity contribution in [2.24, 2.45) is 0 Å². The predicted molar refractivity (Wildman–Crippen MR) is 102 cm³/mol. The van der Waals surface area contributed by atoms with Gasteiger partial charge in [-0.2, -0.15) is 4.31 Å². The second kappa shape index (κ2) is 8.06. The van der Waals surface area contributed by atoms with E-state index in [-0.39, 0.29) is 10.8 Å². The molecular weight excluding hydrogens is 350 g/mol. The summed E-state index contributed by atoms with van der Waals surface area (Å²) in [6, 6.07) is 4.97. The van der Waals surface area contributed by atoms with Crippen LogP contribution in [0.25, 0.3) is 0 Å². The molecule has 0 radical (unpaired) electrons. The molecule has 2 saturated heterocycles. The number of aryl methyl sites for hydroxylation is 1. The maximum Gasteiger partial charge on any atom is 0.254 e. The molecule has 2 aliphatic heterocycles. The first-order valence-corrected chi connectivity index (χ1v) is 10.9. The Morgan fingerprint density at radius 3 is 2.15 bits per heavy atom. The lowest BCUT2D eigenvalue weighted by atomic mass is 10.1. The molecule has 0 unspecified atom stereocenters. The van der Waals surface area contributed by atoms with Crippen LogP contribution in [-0.4, -0.2) is 74.7 Å². The summed E-state index contributed by atoms with van der Waals surface area (Å²) in [6.07, 6.45) is 3.95. The quantitative estimate of drug-likeness (QED) is 0.805. The van der Waals surface area contributed by atoms with Crippen molar-refractivity contribution >= 4 is 15.9 Å². The minimum atomic E-state index is -3.54. The molecule has 2 fully saturated rings. The van der Waals surface area contributed by atoms with Crippen molar-refractivity contribution in [2.75, 3.05) is 46.3 Å². The normalized spacial score (nSPS) is 20.8. The zero-order valence-corrected chi connectivity index (χ0v) is 16.6. The predicted octanol–water partition coefficient (Wildman–Crippen LogP) is 1.95. The Balaban J connectivity index is 1.86.